The molecule has 0 radical (unpaired) electrons. The average Bonchev–Trinajstić information content (AvgIpc) is 2.99. The standard InChI is InChI=1S/C20H23NO4S/c1-16-7-9-19(10-8-16)25-14-20(22)21(13-17-5-3-2-4-6-17)18-11-12-26(23,24)15-18/h2-10,18H,11-15H2,1H3/t18-/m0/s1. The van der Waals surface area contributed by atoms with Crippen molar-refractivity contribution >= 4 is 15.7 Å². The number of hydrogen-bond donors (Lipinski definition) is 0. The number of hydrogen-bond acceptors (Lipinski definition) is 4. The van der Waals surface area contributed by atoms with E-state index in [1.54, 1.807) is 4.90 Å². The van der Waals surface area contributed by atoms with Gasteiger partial charge >= 0.3 is 0 Å². The molecule has 1 aliphatic rings. The van der Waals surface area contributed by atoms with Gasteiger partial charge < -0.3 is 9.64 Å². The van der Waals surface area contributed by atoms with Crippen LogP contribution < -0.4 is 4.74 Å². The van der Waals surface area contributed by atoms with Gasteiger partial charge in [0.1, 0.15) is 5.75 Å². The number of sulfone groups is 1. The summed E-state index contributed by atoms with van der Waals surface area (Å²) >= 11 is 0. The topological polar surface area (TPSA) is 63.7 Å². The minimum absolute atomic E-state index is 0.0239. The molecule has 0 bridgehead atoms. The van der Waals surface area contributed by atoms with E-state index in [0.29, 0.717) is 18.7 Å². The smallest absolute Gasteiger partial charge is 0.261 e. The monoisotopic (exact) mass is 373 g/mol. The summed E-state index contributed by atoms with van der Waals surface area (Å²) in [5.74, 6) is 0.588. The van der Waals surface area contributed by atoms with E-state index in [2.05, 4.69) is 0 Å². The Balaban J connectivity index is 1.71. The molecule has 1 amide bonds. The molecule has 0 aliphatic carbocycles. The number of carbonyl (C=O) groups is 1. The lowest BCUT2D eigenvalue weighted by atomic mass is 10.1. The highest BCUT2D eigenvalue weighted by Crippen LogP contribution is 2.21. The highest BCUT2D eigenvalue weighted by atomic mass is 32.2. The van der Waals surface area contributed by atoms with Crippen molar-refractivity contribution in [1.29, 1.82) is 0 Å². The number of aryl methyl sites for hydroxylation is 1. The van der Waals surface area contributed by atoms with Crippen molar-refractivity contribution < 1.29 is 17.9 Å². The van der Waals surface area contributed by atoms with Gasteiger partial charge in [-0.2, -0.15) is 0 Å². The van der Waals surface area contributed by atoms with Crippen LogP contribution in [0.4, 0.5) is 0 Å². The SMILES string of the molecule is Cc1ccc(OCC(=O)N(Cc2ccccc2)[C@H]2CCS(=O)(=O)C2)cc1. The number of carbonyl (C=O) groups excluding carboxylic acids is 1. The van der Waals surface area contributed by atoms with Crippen molar-refractivity contribution in [2.45, 2.75) is 25.9 Å². The Hall–Kier alpha value is -2.34. The van der Waals surface area contributed by atoms with E-state index in [1.165, 1.54) is 0 Å². The van der Waals surface area contributed by atoms with Crippen molar-refractivity contribution in [3.05, 3.63) is 65.7 Å². The number of ether oxygens (including phenoxy) is 1. The molecule has 5 nitrogen and oxygen atoms in total. The van der Waals surface area contributed by atoms with Crippen molar-refractivity contribution in [2.75, 3.05) is 18.1 Å². The van der Waals surface area contributed by atoms with Crippen molar-refractivity contribution in [2.24, 2.45) is 0 Å². The van der Waals surface area contributed by atoms with E-state index in [4.69, 9.17) is 4.74 Å². The molecule has 3 rings (SSSR count). The first-order chi connectivity index (χ1) is 12.4. The summed E-state index contributed by atoms with van der Waals surface area (Å²) < 4.78 is 29.3. The summed E-state index contributed by atoms with van der Waals surface area (Å²) in [5.41, 5.74) is 2.09. The molecule has 1 heterocycles. The Labute approximate surface area is 154 Å². The quantitative estimate of drug-likeness (QED) is 0.781. The van der Waals surface area contributed by atoms with Gasteiger partial charge in [-0.05, 0) is 31.0 Å². The fourth-order valence-electron chi connectivity index (χ4n) is 3.08. The highest BCUT2D eigenvalue weighted by molar-refractivity contribution is 7.91. The van der Waals surface area contributed by atoms with Crippen molar-refractivity contribution in [3.63, 3.8) is 0 Å². The zero-order valence-electron chi connectivity index (χ0n) is 14.8. The maximum Gasteiger partial charge on any atom is 0.261 e. The van der Waals surface area contributed by atoms with Crippen LogP contribution in [0.1, 0.15) is 17.5 Å². The summed E-state index contributed by atoms with van der Waals surface area (Å²) in [6.07, 6.45) is 0.478. The van der Waals surface area contributed by atoms with Crippen LogP contribution in [0.5, 0.6) is 5.75 Å². The molecular formula is C20H23NO4S. The van der Waals surface area contributed by atoms with E-state index in [-0.39, 0.29) is 30.1 Å². The summed E-state index contributed by atoms with van der Waals surface area (Å²) in [6, 6.07) is 16.8. The number of benzene rings is 2. The molecule has 1 fully saturated rings. The maximum atomic E-state index is 12.8. The van der Waals surface area contributed by atoms with E-state index in [0.717, 1.165) is 11.1 Å². The van der Waals surface area contributed by atoms with E-state index in [1.807, 2.05) is 61.5 Å². The van der Waals surface area contributed by atoms with Gasteiger partial charge in [0.25, 0.3) is 5.91 Å². The first kappa shape index (κ1) is 18.5. The zero-order chi connectivity index (χ0) is 18.6. The third-order valence-electron chi connectivity index (χ3n) is 4.55. The van der Waals surface area contributed by atoms with Gasteiger partial charge in [-0.25, -0.2) is 8.42 Å². The van der Waals surface area contributed by atoms with Gasteiger partial charge in [-0.1, -0.05) is 48.0 Å². The van der Waals surface area contributed by atoms with Gasteiger partial charge in [0.05, 0.1) is 11.5 Å². The first-order valence-electron chi connectivity index (χ1n) is 8.66. The predicted molar refractivity (Wildman–Crippen MR) is 101 cm³/mol. The van der Waals surface area contributed by atoms with Crippen LogP contribution in [-0.4, -0.2) is 43.4 Å². The third kappa shape index (κ3) is 4.85. The predicted octanol–water partition coefficient (Wildman–Crippen LogP) is 2.59. The molecule has 2 aromatic rings. The van der Waals surface area contributed by atoms with Gasteiger partial charge in [-0.3, -0.25) is 4.79 Å². The second-order valence-corrected chi connectivity index (χ2v) is 8.89. The normalized spacial score (nSPS) is 18.4. The number of nitrogens with zero attached hydrogens (tertiary/aromatic N) is 1. The fourth-order valence-corrected chi connectivity index (χ4v) is 4.82. The van der Waals surface area contributed by atoms with E-state index >= 15 is 0 Å². The molecule has 26 heavy (non-hydrogen) atoms. The van der Waals surface area contributed by atoms with Crippen molar-refractivity contribution in [3.8, 4) is 5.75 Å². The molecule has 6 heteroatoms. The minimum Gasteiger partial charge on any atom is -0.484 e. The van der Waals surface area contributed by atoms with Crippen LogP contribution in [-0.2, 0) is 21.2 Å². The number of rotatable bonds is 6. The highest BCUT2D eigenvalue weighted by Gasteiger charge is 2.34. The minimum atomic E-state index is -3.07. The molecule has 1 atom stereocenters. The van der Waals surface area contributed by atoms with Crippen LogP contribution in [0.3, 0.4) is 0 Å². The molecule has 2 aromatic carbocycles. The molecule has 0 unspecified atom stereocenters. The van der Waals surface area contributed by atoms with Gasteiger partial charge in [0, 0.05) is 12.6 Å². The molecule has 0 aromatic heterocycles. The average molecular weight is 373 g/mol. The maximum absolute atomic E-state index is 12.8. The fraction of sp³-hybridized carbons (Fsp3) is 0.350. The number of amides is 1. The van der Waals surface area contributed by atoms with E-state index < -0.39 is 9.84 Å². The van der Waals surface area contributed by atoms with Crippen LogP contribution in [0.15, 0.2) is 54.6 Å². The largest absolute Gasteiger partial charge is 0.484 e. The molecule has 1 aliphatic heterocycles. The second kappa shape index (κ2) is 7.91. The van der Waals surface area contributed by atoms with Gasteiger partial charge in [0.15, 0.2) is 16.4 Å². The Morgan fingerprint density at radius 1 is 1.12 bits per heavy atom. The second-order valence-electron chi connectivity index (χ2n) is 6.67. The summed E-state index contributed by atoms with van der Waals surface area (Å²) in [5, 5.41) is 0. The zero-order valence-corrected chi connectivity index (χ0v) is 15.6. The summed E-state index contributed by atoms with van der Waals surface area (Å²) in [7, 11) is -3.07. The molecular weight excluding hydrogens is 350 g/mol. The Bertz CT molecular complexity index is 847. The molecule has 0 spiro atoms. The van der Waals surface area contributed by atoms with Crippen LogP contribution in [0.2, 0.25) is 0 Å². The van der Waals surface area contributed by atoms with E-state index in [9.17, 15) is 13.2 Å². The summed E-state index contributed by atoms with van der Waals surface area (Å²) in [6.45, 7) is 2.26. The van der Waals surface area contributed by atoms with Crippen molar-refractivity contribution in [1.82, 2.24) is 4.90 Å². The third-order valence-corrected chi connectivity index (χ3v) is 6.30. The molecule has 138 valence electrons. The summed E-state index contributed by atoms with van der Waals surface area (Å²) in [4.78, 5) is 14.4. The molecule has 1 saturated heterocycles. The first-order valence-corrected chi connectivity index (χ1v) is 10.5. The lowest BCUT2D eigenvalue weighted by Gasteiger charge is -2.28. The molecule has 0 N–H and O–H groups in total. The Morgan fingerprint density at radius 2 is 1.81 bits per heavy atom. The Kier molecular flexibility index (Phi) is 5.61. The van der Waals surface area contributed by atoms with Crippen LogP contribution in [0.25, 0.3) is 0 Å². The molecule has 0 saturated carbocycles. The lowest BCUT2D eigenvalue weighted by molar-refractivity contribution is -0.136. The van der Waals surface area contributed by atoms with Gasteiger partial charge in [0.2, 0.25) is 0 Å². The van der Waals surface area contributed by atoms with Crippen LogP contribution >= 0.6 is 0 Å². The van der Waals surface area contributed by atoms with Gasteiger partial charge in [-0.15, -0.1) is 0 Å². The Morgan fingerprint density at radius 3 is 2.42 bits per heavy atom. The van der Waals surface area contributed by atoms with Crippen LogP contribution in [0, 0.1) is 6.92 Å². The lowest BCUT2D eigenvalue weighted by Crippen LogP contribution is -2.43.